The highest BCUT2D eigenvalue weighted by Crippen LogP contribution is 2.07. The average Bonchev–Trinajstić information content (AvgIpc) is 2.67. The van der Waals surface area contributed by atoms with E-state index in [0.29, 0.717) is 6.54 Å². The van der Waals surface area contributed by atoms with Gasteiger partial charge in [0.05, 0.1) is 12.7 Å². The number of aryl methyl sites for hydroxylation is 1. The second-order valence-corrected chi connectivity index (χ2v) is 3.05. The molecule has 0 aromatic carbocycles. The van der Waals surface area contributed by atoms with Crippen LogP contribution >= 0.6 is 0 Å². The summed E-state index contributed by atoms with van der Waals surface area (Å²) in [5, 5.41) is 6.76. The summed E-state index contributed by atoms with van der Waals surface area (Å²) in [6.07, 6.45) is 3.40. The van der Waals surface area contributed by atoms with Crippen molar-refractivity contribution in [3.05, 3.63) is 41.9 Å². The van der Waals surface area contributed by atoms with E-state index in [1.165, 1.54) is 5.56 Å². The largest absolute Gasteiger partial charge is 0.363 e. The first-order chi connectivity index (χ1) is 6.84. The van der Waals surface area contributed by atoms with Crippen LogP contribution in [0.2, 0.25) is 0 Å². The summed E-state index contributed by atoms with van der Waals surface area (Å²) >= 11 is 0. The minimum Gasteiger partial charge on any atom is -0.363 e. The Balaban J connectivity index is 1.98. The standard InChI is InChI=1S/C10H11N3O/c1-8-2-4-11-10(6-8)12-7-9-3-5-13-14-9/h2-6H,7H2,1H3,(H,11,12). The lowest BCUT2D eigenvalue weighted by Crippen LogP contribution is -2.00. The molecule has 4 nitrogen and oxygen atoms in total. The maximum atomic E-state index is 4.95. The first-order valence-corrected chi connectivity index (χ1v) is 4.41. The second kappa shape index (κ2) is 3.91. The molecule has 0 atom stereocenters. The molecule has 2 rings (SSSR count). The van der Waals surface area contributed by atoms with Gasteiger partial charge in [-0.3, -0.25) is 0 Å². The minimum atomic E-state index is 0.608. The molecule has 72 valence electrons. The van der Waals surface area contributed by atoms with Gasteiger partial charge in [-0.15, -0.1) is 0 Å². The first-order valence-electron chi connectivity index (χ1n) is 4.41. The highest BCUT2D eigenvalue weighted by molar-refractivity contribution is 5.37. The van der Waals surface area contributed by atoms with E-state index in [4.69, 9.17) is 4.52 Å². The van der Waals surface area contributed by atoms with E-state index in [9.17, 15) is 0 Å². The lowest BCUT2D eigenvalue weighted by atomic mass is 10.3. The molecule has 14 heavy (non-hydrogen) atoms. The third-order valence-electron chi connectivity index (χ3n) is 1.85. The smallest absolute Gasteiger partial charge is 0.155 e. The molecule has 2 aromatic rings. The molecule has 0 saturated carbocycles. The van der Waals surface area contributed by atoms with Gasteiger partial charge in [-0.05, 0) is 24.6 Å². The molecule has 0 saturated heterocycles. The van der Waals surface area contributed by atoms with Crippen LogP contribution in [0.1, 0.15) is 11.3 Å². The zero-order valence-electron chi connectivity index (χ0n) is 7.90. The molecule has 2 aromatic heterocycles. The van der Waals surface area contributed by atoms with Crippen molar-refractivity contribution in [3.8, 4) is 0 Å². The molecule has 4 heteroatoms. The van der Waals surface area contributed by atoms with Crippen molar-refractivity contribution in [2.75, 3.05) is 5.32 Å². The van der Waals surface area contributed by atoms with Gasteiger partial charge in [-0.1, -0.05) is 5.16 Å². The Labute approximate surface area is 82.0 Å². The first kappa shape index (κ1) is 8.74. The van der Waals surface area contributed by atoms with Gasteiger partial charge in [0.15, 0.2) is 5.76 Å². The zero-order chi connectivity index (χ0) is 9.80. The molecule has 0 aliphatic carbocycles. The predicted octanol–water partition coefficient (Wildman–Crippen LogP) is 1.99. The van der Waals surface area contributed by atoms with Crippen LogP contribution in [-0.4, -0.2) is 10.1 Å². The maximum Gasteiger partial charge on any atom is 0.155 e. The lowest BCUT2D eigenvalue weighted by Gasteiger charge is -2.02. The summed E-state index contributed by atoms with van der Waals surface area (Å²) in [5.74, 6) is 1.65. The quantitative estimate of drug-likeness (QED) is 0.802. The van der Waals surface area contributed by atoms with Crippen LogP contribution in [0.25, 0.3) is 0 Å². The van der Waals surface area contributed by atoms with Gasteiger partial charge in [0.2, 0.25) is 0 Å². The number of nitrogens with zero attached hydrogens (tertiary/aromatic N) is 2. The van der Waals surface area contributed by atoms with E-state index in [1.807, 2.05) is 25.1 Å². The van der Waals surface area contributed by atoms with Crippen molar-refractivity contribution in [1.29, 1.82) is 0 Å². The van der Waals surface area contributed by atoms with E-state index < -0.39 is 0 Å². The fourth-order valence-corrected chi connectivity index (χ4v) is 1.14. The predicted molar refractivity (Wildman–Crippen MR) is 52.8 cm³/mol. The van der Waals surface area contributed by atoms with Gasteiger partial charge >= 0.3 is 0 Å². The summed E-state index contributed by atoms with van der Waals surface area (Å²) in [6.45, 7) is 2.64. The maximum absolute atomic E-state index is 4.95. The molecule has 0 fully saturated rings. The van der Waals surface area contributed by atoms with Crippen LogP contribution in [0.3, 0.4) is 0 Å². The van der Waals surface area contributed by atoms with E-state index in [2.05, 4.69) is 15.5 Å². The van der Waals surface area contributed by atoms with Crippen LogP contribution in [0, 0.1) is 6.92 Å². The summed E-state index contributed by atoms with van der Waals surface area (Å²) < 4.78 is 4.95. The van der Waals surface area contributed by atoms with E-state index in [-0.39, 0.29) is 0 Å². The molecule has 0 spiro atoms. The highest BCUT2D eigenvalue weighted by atomic mass is 16.5. The van der Waals surface area contributed by atoms with Crippen LogP contribution < -0.4 is 5.32 Å². The molecular weight excluding hydrogens is 178 g/mol. The van der Waals surface area contributed by atoms with Gasteiger partial charge in [0.25, 0.3) is 0 Å². The van der Waals surface area contributed by atoms with Crippen LogP contribution in [0.4, 0.5) is 5.82 Å². The lowest BCUT2D eigenvalue weighted by molar-refractivity contribution is 0.388. The topological polar surface area (TPSA) is 51.0 Å². The monoisotopic (exact) mass is 189 g/mol. The zero-order valence-corrected chi connectivity index (χ0v) is 7.90. The summed E-state index contributed by atoms with van der Waals surface area (Å²) in [7, 11) is 0. The molecule has 0 aliphatic heterocycles. The molecule has 0 bridgehead atoms. The fraction of sp³-hybridized carbons (Fsp3) is 0.200. The fourth-order valence-electron chi connectivity index (χ4n) is 1.14. The average molecular weight is 189 g/mol. The number of aromatic nitrogens is 2. The Morgan fingerprint density at radius 2 is 2.29 bits per heavy atom. The SMILES string of the molecule is Cc1ccnc(NCc2ccno2)c1. The van der Waals surface area contributed by atoms with Crippen molar-refractivity contribution >= 4 is 5.82 Å². The summed E-state index contributed by atoms with van der Waals surface area (Å²) in [5.41, 5.74) is 1.18. The molecule has 0 radical (unpaired) electrons. The number of hydrogen-bond donors (Lipinski definition) is 1. The molecule has 0 unspecified atom stereocenters. The van der Waals surface area contributed by atoms with Crippen molar-refractivity contribution in [2.45, 2.75) is 13.5 Å². The van der Waals surface area contributed by atoms with Crippen molar-refractivity contribution < 1.29 is 4.52 Å². The minimum absolute atomic E-state index is 0.608. The number of anilines is 1. The van der Waals surface area contributed by atoms with Crippen molar-refractivity contribution in [3.63, 3.8) is 0 Å². The van der Waals surface area contributed by atoms with Crippen LogP contribution in [0.5, 0.6) is 0 Å². The summed E-state index contributed by atoms with van der Waals surface area (Å²) in [6, 6.07) is 5.76. The molecule has 0 amide bonds. The number of pyridine rings is 1. The molecule has 2 heterocycles. The number of rotatable bonds is 3. The van der Waals surface area contributed by atoms with Crippen molar-refractivity contribution in [1.82, 2.24) is 10.1 Å². The Hall–Kier alpha value is -1.84. The number of nitrogens with one attached hydrogen (secondary N) is 1. The van der Waals surface area contributed by atoms with Gasteiger partial charge in [-0.2, -0.15) is 0 Å². The number of hydrogen-bond acceptors (Lipinski definition) is 4. The van der Waals surface area contributed by atoms with E-state index >= 15 is 0 Å². The Kier molecular flexibility index (Phi) is 2.44. The highest BCUT2D eigenvalue weighted by Gasteiger charge is 1.97. The molecule has 0 aliphatic rings. The third kappa shape index (κ3) is 2.10. The third-order valence-corrected chi connectivity index (χ3v) is 1.85. The molecule has 1 N–H and O–H groups in total. The van der Waals surface area contributed by atoms with Crippen molar-refractivity contribution in [2.24, 2.45) is 0 Å². The Bertz CT molecular complexity index is 398. The van der Waals surface area contributed by atoms with E-state index in [1.54, 1.807) is 12.4 Å². The van der Waals surface area contributed by atoms with Crippen LogP contribution in [0.15, 0.2) is 35.1 Å². The van der Waals surface area contributed by atoms with E-state index in [0.717, 1.165) is 11.6 Å². The van der Waals surface area contributed by atoms with Crippen LogP contribution in [-0.2, 0) is 6.54 Å². The summed E-state index contributed by atoms with van der Waals surface area (Å²) in [4.78, 5) is 4.17. The van der Waals surface area contributed by atoms with Gasteiger partial charge in [-0.25, -0.2) is 4.98 Å². The Morgan fingerprint density at radius 3 is 3.00 bits per heavy atom. The van der Waals surface area contributed by atoms with Gasteiger partial charge in [0.1, 0.15) is 5.82 Å². The molecular formula is C10H11N3O. The normalized spacial score (nSPS) is 10.1. The van der Waals surface area contributed by atoms with Gasteiger partial charge < -0.3 is 9.84 Å². The Morgan fingerprint density at radius 1 is 1.36 bits per heavy atom. The second-order valence-electron chi connectivity index (χ2n) is 3.05. The van der Waals surface area contributed by atoms with Gasteiger partial charge in [0, 0.05) is 12.3 Å².